The Labute approximate surface area is 187 Å². The van der Waals surface area contributed by atoms with Gasteiger partial charge in [-0.2, -0.15) is 0 Å². The molecule has 0 amide bonds. The molecule has 0 aliphatic carbocycles. The lowest BCUT2D eigenvalue weighted by atomic mass is 9.92. The van der Waals surface area contributed by atoms with Crippen LogP contribution in [0.25, 0.3) is 22.0 Å². The maximum absolute atomic E-state index is 4.23. The smallest absolute Gasteiger partial charge is 0.0456 e. The van der Waals surface area contributed by atoms with Crippen LogP contribution in [0.4, 0.5) is 5.69 Å². The second-order valence-corrected chi connectivity index (χ2v) is 10.2. The van der Waals surface area contributed by atoms with E-state index in [9.17, 15) is 0 Å². The molecule has 0 saturated carbocycles. The molecule has 1 aliphatic heterocycles. The van der Waals surface area contributed by atoms with Gasteiger partial charge in [-0.15, -0.1) is 0 Å². The monoisotopic (exact) mass is 415 g/mol. The maximum Gasteiger partial charge on any atom is 0.0456 e. The summed E-state index contributed by atoms with van der Waals surface area (Å²) in [5.41, 5.74) is 8.43. The minimum absolute atomic E-state index is 0.0243. The third-order valence-corrected chi connectivity index (χ3v) is 6.63. The first-order valence-corrected chi connectivity index (χ1v) is 11.7. The molecule has 0 bridgehead atoms. The van der Waals surface area contributed by atoms with E-state index in [1.54, 1.807) is 0 Å². The van der Waals surface area contributed by atoms with Gasteiger partial charge in [-0.05, 0) is 79.8 Å². The third kappa shape index (κ3) is 4.88. The third-order valence-electron chi connectivity index (χ3n) is 6.63. The molecule has 1 unspecified atom stereocenters. The van der Waals surface area contributed by atoms with Gasteiger partial charge in [0.25, 0.3) is 0 Å². The van der Waals surface area contributed by atoms with Crippen molar-refractivity contribution in [3.05, 3.63) is 66.0 Å². The quantitative estimate of drug-likeness (QED) is 0.437. The molecule has 0 spiro atoms. The fourth-order valence-corrected chi connectivity index (χ4v) is 4.63. The van der Waals surface area contributed by atoms with E-state index < -0.39 is 0 Å². The molecule has 31 heavy (non-hydrogen) atoms. The largest absolute Gasteiger partial charge is 0.359 e. The number of likely N-dealkylation sites (tertiary alicyclic amines) is 1. The first-order valence-electron chi connectivity index (χ1n) is 11.7. The number of anilines is 1. The Morgan fingerprint density at radius 1 is 1.13 bits per heavy atom. The van der Waals surface area contributed by atoms with Gasteiger partial charge in [-0.25, -0.2) is 0 Å². The lowest BCUT2D eigenvalue weighted by Crippen LogP contribution is -2.28. The van der Waals surface area contributed by atoms with Gasteiger partial charge in [-0.1, -0.05) is 46.4 Å². The molecule has 1 fully saturated rings. The van der Waals surface area contributed by atoms with E-state index in [1.165, 1.54) is 59.1 Å². The molecule has 1 aromatic heterocycles. The van der Waals surface area contributed by atoms with Gasteiger partial charge in [0, 0.05) is 46.0 Å². The van der Waals surface area contributed by atoms with E-state index in [-0.39, 0.29) is 5.41 Å². The number of nitrogens with zero attached hydrogens (tertiary/aromatic N) is 1. The van der Waals surface area contributed by atoms with Crippen LogP contribution < -0.4 is 5.32 Å². The number of allylic oxidation sites excluding steroid dienone is 1. The summed E-state index contributed by atoms with van der Waals surface area (Å²) in [7, 11) is 0. The van der Waals surface area contributed by atoms with Crippen molar-refractivity contribution < 1.29 is 0 Å². The average Bonchev–Trinajstić information content (AvgIpc) is 3.32. The van der Waals surface area contributed by atoms with Crippen molar-refractivity contribution in [2.45, 2.75) is 66.5 Å². The van der Waals surface area contributed by atoms with Crippen LogP contribution in [0.15, 0.2) is 54.7 Å². The molecule has 1 atom stereocenters. The SMILES string of the molecule is C=C(Nc1cc(C)cc(-c2ccc3[nH]c(CN4CCCC4CC)cc3c2)c1)C(C)(C)C. The molecular formula is C28H37N3. The van der Waals surface area contributed by atoms with Gasteiger partial charge in [0.15, 0.2) is 0 Å². The minimum Gasteiger partial charge on any atom is -0.359 e. The van der Waals surface area contributed by atoms with E-state index in [0.717, 1.165) is 24.0 Å². The molecule has 2 N–H and O–H groups in total. The van der Waals surface area contributed by atoms with Crippen LogP contribution in [0.1, 0.15) is 58.2 Å². The summed E-state index contributed by atoms with van der Waals surface area (Å²) < 4.78 is 0. The van der Waals surface area contributed by atoms with Crippen LogP contribution in [0.5, 0.6) is 0 Å². The molecule has 3 nitrogen and oxygen atoms in total. The summed E-state index contributed by atoms with van der Waals surface area (Å²) in [6.07, 6.45) is 3.91. The number of hydrogen-bond acceptors (Lipinski definition) is 2. The number of aromatic amines is 1. The number of aromatic nitrogens is 1. The van der Waals surface area contributed by atoms with E-state index in [0.29, 0.717) is 0 Å². The van der Waals surface area contributed by atoms with Crippen LogP contribution >= 0.6 is 0 Å². The highest BCUT2D eigenvalue weighted by molar-refractivity contribution is 5.86. The Balaban J connectivity index is 1.59. The van der Waals surface area contributed by atoms with Gasteiger partial charge >= 0.3 is 0 Å². The van der Waals surface area contributed by atoms with Crippen molar-refractivity contribution in [1.29, 1.82) is 0 Å². The minimum atomic E-state index is 0.0243. The average molecular weight is 416 g/mol. The number of aryl methyl sites for hydroxylation is 1. The number of nitrogens with one attached hydrogen (secondary N) is 2. The molecule has 2 aromatic carbocycles. The van der Waals surface area contributed by atoms with Gasteiger partial charge in [0.2, 0.25) is 0 Å². The summed E-state index contributed by atoms with van der Waals surface area (Å²) in [5, 5.41) is 4.80. The Morgan fingerprint density at radius 3 is 2.68 bits per heavy atom. The number of rotatable bonds is 6. The van der Waals surface area contributed by atoms with Gasteiger partial charge in [0.1, 0.15) is 0 Å². The first-order chi connectivity index (χ1) is 14.7. The molecule has 3 heteroatoms. The van der Waals surface area contributed by atoms with Crippen LogP contribution in [-0.4, -0.2) is 22.5 Å². The zero-order valence-electron chi connectivity index (χ0n) is 19.8. The molecule has 2 heterocycles. The standard InChI is InChI=1S/C28H37N3/c1-7-26-9-8-12-31(26)18-25-17-23-15-21(10-11-27(23)30-25)22-13-19(2)14-24(16-22)29-20(3)28(4,5)6/h10-11,13-17,26,29-30H,3,7-9,12,18H2,1-2,4-6H3. The van der Waals surface area contributed by atoms with Gasteiger partial charge in [-0.3, -0.25) is 4.90 Å². The van der Waals surface area contributed by atoms with E-state index >= 15 is 0 Å². The van der Waals surface area contributed by atoms with Crippen molar-refractivity contribution in [2.24, 2.45) is 5.41 Å². The zero-order chi connectivity index (χ0) is 22.2. The number of fused-ring (bicyclic) bond motifs is 1. The predicted octanol–water partition coefficient (Wildman–Crippen LogP) is 7.49. The zero-order valence-corrected chi connectivity index (χ0v) is 19.8. The van der Waals surface area contributed by atoms with Crippen molar-refractivity contribution in [2.75, 3.05) is 11.9 Å². The van der Waals surface area contributed by atoms with E-state index in [1.807, 2.05) is 0 Å². The Bertz CT molecular complexity index is 1080. The number of benzene rings is 2. The second-order valence-electron chi connectivity index (χ2n) is 10.2. The second kappa shape index (κ2) is 8.55. The van der Waals surface area contributed by atoms with Crippen LogP contribution in [0.2, 0.25) is 0 Å². The van der Waals surface area contributed by atoms with Crippen molar-refractivity contribution in [1.82, 2.24) is 9.88 Å². The van der Waals surface area contributed by atoms with Crippen molar-refractivity contribution in [3.63, 3.8) is 0 Å². The summed E-state index contributed by atoms with van der Waals surface area (Å²) in [6.45, 7) is 17.5. The van der Waals surface area contributed by atoms with E-state index in [4.69, 9.17) is 0 Å². The summed E-state index contributed by atoms with van der Waals surface area (Å²) in [5.74, 6) is 0. The molecule has 4 rings (SSSR count). The van der Waals surface area contributed by atoms with Crippen LogP contribution in [0, 0.1) is 12.3 Å². The van der Waals surface area contributed by atoms with E-state index in [2.05, 4.69) is 98.9 Å². The molecule has 0 radical (unpaired) electrons. The lowest BCUT2D eigenvalue weighted by Gasteiger charge is -2.23. The number of hydrogen-bond donors (Lipinski definition) is 2. The van der Waals surface area contributed by atoms with Crippen LogP contribution in [0.3, 0.4) is 0 Å². The van der Waals surface area contributed by atoms with Crippen LogP contribution in [-0.2, 0) is 6.54 Å². The lowest BCUT2D eigenvalue weighted by molar-refractivity contribution is 0.238. The fraction of sp³-hybridized carbons (Fsp3) is 0.429. The van der Waals surface area contributed by atoms with Gasteiger partial charge < -0.3 is 10.3 Å². The number of H-pyrrole nitrogens is 1. The highest BCUT2D eigenvalue weighted by Crippen LogP contribution is 2.31. The normalized spacial score (nSPS) is 17.4. The summed E-state index contributed by atoms with van der Waals surface area (Å²) in [6, 6.07) is 16.5. The molecular weight excluding hydrogens is 378 g/mol. The first kappa shape index (κ1) is 21.7. The highest BCUT2D eigenvalue weighted by Gasteiger charge is 2.23. The molecule has 3 aromatic rings. The maximum atomic E-state index is 4.23. The Hall–Kier alpha value is -2.52. The Kier molecular flexibility index (Phi) is 5.98. The Morgan fingerprint density at radius 2 is 1.94 bits per heavy atom. The van der Waals surface area contributed by atoms with Crippen molar-refractivity contribution >= 4 is 16.6 Å². The summed E-state index contributed by atoms with van der Waals surface area (Å²) in [4.78, 5) is 6.28. The molecule has 164 valence electrons. The summed E-state index contributed by atoms with van der Waals surface area (Å²) >= 11 is 0. The topological polar surface area (TPSA) is 31.1 Å². The molecule has 1 saturated heterocycles. The van der Waals surface area contributed by atoms with Crippen molar-refractivity contribution in [3.8, 4) is 11.1 Å². The van der Waals surface area contributed by atoms with Gasteiger partial charge in [0.05, 0.1) is 0 Å². The predicted molar refractivity (Wildman–Crippen MR) is 134 cm³/mol. The highest BCUT2D eigenvalue weighted by atomic mass is 15.2. The molecule has 1 aliphatic rings. The fourth-order valence-electron chi connectivity index (χ4n) is 4.63.